The van der Waals surface area contributed by atoms with Crippen molar-refractivity contribution in [1.29, 1.82) is 0 Å². The lowest BCUT2D eigenvalue weighted by Gasteiger charge is -2.44. The fourth-order valence-electron chi connectivity index (χ4n) is 5.81. The second-order valence-electron chi connectivity index (χ2n) is 10.9. The summed E-state index contributed by atoms with van der Waals surface area (Å²) in [6, 6.07) is 20.9. The second-order valence-corrected chi connectivity index (χ2v) is 15.6. The molecular weight excluding hydrogens is 438 g/mol. The Morgan fingerprint density at radius 1 is 0.971 bits per heavy atom. The third-order valence-electron chi connectivity index (χ3n) is 8.11. The van der Waals surface area contributed by atoms with Crippen molar-refractivity contribution in [3.05, 3.63) is 78.5 Å². The molecule has 2 unspecified atom stereocenters. The first-order chi connectivity index (χ1) is 16.2. The molecule has 4 rings (SSSR count). The highest BCUT2D eigenvalue weighted by Crippen LogP contribution is 2.42. The molecule has 1 aliphatic heterocycles. The number of allylic oxidation sites excluding steroid dienone is 1. The van der Waals surface area contributed by atoms with Gasteiger partial charge in [0.1, 0.15) is 14.2 Å². The zero-order valence-electron chi connectivity index (χ0n) is 20.9. The molecule has 0 N–H and O–H groups in total. The van der Waals surface area contributed by atoms with Gasteiger partial charge in [-0.25, -0.2) is 4.79 Å². The van der Waals surface area contributed by atoms with Crippen LogP contribution in [0.3, 0.4) is 0 Å². The molecule has 2 aromatic carbocycles. The van der Waals surface area contributed by atoms with Crippen LogP contribution in [0.15, 0.2) is 72.9 Å². The molecule has 34 heavy (non-hydrogen) atoms. The number of carbonyl (C=O) groups excluding carboxylic acids is 2. The van der Waals surface area contributed by atoms with Gasteiger partial charge in [-0.2, -0.15) is 0 Å². The molecule has 4 nitrogen and oxygen atoms in total. The minimum Gasteiger partial charge on any atom is -0.446 e. The van der Waals surface area contributed by atoms with Gasteiger partial charge in [0.05, 0.1) is 0 Å². The topological polar surface area (TPSA) is 46.6 Å². The number of hydrogen-bond acceptors (Lipinski definition) is 3. The van der Waals surface area contributed by atoms with Crippen LogP contribution in [-0.2, 0) is 14.9 Å². The van der Waals surface area contributed by atoms with Crippen LogP contribution in [0, 0.1) is 5.92 Å². The standard InChI is InChI=1S/C29H37NO3Si/c1-29(2,22-13-7-5-8-14-22)25-17-11-12-18-26(25)33-28(32)30-20-19-23(31)21-27(30)34(3,4)24-15-9-6-10-16-24/h5-10,13-16,19-20,25-27H,11-12,17-18,21H2,1-4H3/t25?,26?,27-/m1/s1. The minimum atomic E-state index is -2.17. The summed E-state index contributed by atoms with van der Waals surface area (Å²) < 4.78 is 6.29. The monoisotopic (exact) mass is 475 g/mol. The van der Waals surface area contributed by atoms with Crippen molar-refractivity contribution >= 4 is 25.1 Å². The number of ketones is 1. The van der Waals surface area contributed by atoms with Crippen molar-refractivity contribution < 1.29 is 14.3 Å². The third kappa shape index (κ3) is 4.90. The fourth-order valence-corrected chi connectivity index (χ4v) is 8.85. The molecule has 0 spiro atoms. The molecule has 2 aliphatic rings. The molecular formula is C29H37NO3Si. The number of benzene rings is 2. The van der Waals surface area contributed by atoms with Gasteiger partial charge in [-0.15, -0.1) is 0 Å². The summed E-state index contributed by atoms with van der Waals surface area (Å²) in [4.78, 5) is 27.8. The van der Waals surface area contributed by atoms with Gasteiger partial charge < -0.3 is 4.74 Å². The highest BCUT2D eigenvalue weighted by molar-refractivity contribution is 6.91. The molecule has 1 amide bonds. The van der Waals surface area contributed by atoms with Gasteiger partial charge in [0.2, 0.25) is 0 Å². The van der Waals surface area contributed by atoms with Crippen LogP contribution in [0.4, 0.5) is 4.79 Å². The van der Waals surface area contributed by atoms with E-state index in [9.17, 15) is 9.59 Å². The van der Waals surface area contributed by atoms with Gasteiger partial charge in [-0.1, -0.05) is 99.2 Å². The molecule has 2 aromatic rings. The number of carbonyl (C=O) groups is 2. The van der Waals surface area contributed by atoms with Crippen LogP contribution in [0.2, 0.25) is 13.1 Å². The molecule has 180 valence electrons. The van der Waals surface area contributed by atoms with E-state index in [1.54, 1.807) is 11.1 Å². The summed E-state index contributed by atoms with van der Waals surface area (Å²) in [5, 5.41) is 1.24. The summed E-state index contributed by atoms with van der Waals surface area (Å²) in [7, 11) is -2.17. The zero-order chi connectivity index (χ0) is 24.3. The maximum absolute atomic E-state index is 13.6. The molecule has 5 heteroatoms. The number of rotatable bonds is 5. The number of amides is 1. The third-order valence-corrected chi connectivity index (χ3v) is 12.1. The van der Waals surface area contributed by atoms with E-state index in [2.05, 4.69) is 63.3 Å². The van der Waals surface area contributed by atoms with E-state index in [0.717, 1.165) is 25.7 Å². The zero-order valence-corrected chi connectivity index (χ0v) is 21.9. The van der Waals surface area contributed by atoms with Gasteiger partial charge in [0.25, 0.3) is 0 Å². The normalized spacial score (nSPS) is 23.6. The van der Waals surface area contributed by atoms with Crippen molar-refractivity contribution in [3.63, 3.8) is 0 Å². The van der Waals surface area contributed by atoms with E-state index >= 15 is 0 Å². The highest BCUT2D eigenvalue weighted by atomic mass is 28.3. The Labute approximate surface area is 205 Å². The first kappa shape index (κ1) is 24.5. The molecule has 0 radical (unpaired) electrons. The van der Waals surface area contributed by atoms with E-state index in [4.69, 9.17) is 4.74 Å². The predicted molar refractivity (Wildman–Crippen MR) is 140 cm³/mol. The fraction of sp³-hybridized carbons (Fsp3) is 0.448. The average molecular weight is 476 g/mol. The summed E-state index contributed by atoms with van der Waals surface area (Å²) in [5.41, 5.74) is 1.02. The molecule has 1 fully saturated rings. The van der Waals surface area contributed by atoms with Crippen LogP contribution in [-0.4, -0.2) is 36.6 Å². The Morgan fingerprint density at radius 2 is 1.59 bits per heavy atom. The van der Waals surface area contributed by atoms with Gasteiger partial charge in [-0.3, -0.25) is 9.69 Å². The molecule has 0 bridgehead atoms. The molecule has 1 saturated carbocycles. The second kappa shape index (κ2) is 9.91. The lowest BCUT2D eigenvalue weighted by molar-refractivity contribution is -0.115. The lowest BCUT2D eigenvalue weighted by atomic mass is 9.66. The Bertz CT molecular complexity index is 1030. The minimum absolute atomic E-state index is 0.0753. The van der Waals surface area contributed by atoms with Crippen LogP contribution < -0.4 is 5.19 Å². The smallest absolute Gasteiger partial charge is 0.414 e. The van der Waals surface area contributed by atoms with E-state index in [-0.39, 0.29) is 35.0 Å². The van der Waals surface area contributed by atoms with Gasteiger partial charge in [0.15, 0.2) is 5.78 Å². The molecule has 1 heterocycles. The van der Waals surface area contributed by atoms with E-state index in [1.165, 1.54) is 16.8 Å². The van der Waals surface area contributed by atoms with E-state index in [0.29, 0.717) is 6.42 Å². The van der Waals surface area contributed by atoms with Crippen LogP contribution in [0.5, 0.6) is 0 Å². The van der Waals surface area contributed by atoms with Crippen molar-refractivity contribution in [2.24, 2.45) is 5.92 Å². The Balaban J connectivity index is 1.58. The summed E-state index contributed by atoms with van der Waals surface area (Å²) in [6.07, 6.45) is 7.25. The van der Waals surface area contributed by atoms with E-state index in [1.807, 2.05) is 24.3 Å². The molecule has 0 aromatic heterocycles. The van der Waals surface area contributed by atoms with Crippen LogP contribution in [0.25, 0.3) is 0 Å². The molecule has 3 atom stereocenters. The Kier molecular flexibility index (Phi) is 7.13. The first-order valence-corrected chi connectivity index (χ1v) is 15.6. The quantitative estimate of drug-likeness (QED) is 0.501. The highest BCUT2D eigenvalue weighted by Gasteiger charge is 2.45. The number of ether oxygens (including phenoxy) is 1. The van der Waals surface area contributed by atoms with Gasteiger partial charge in [0, 0.05) is 24.2 Å². The Hall–Kier alpha value is -2.66. The van der Waals surface area contributed by atoms with Crippen molar-refractivity contribution in [2.75, 3.05) is 0 Å². The van der Waals surface area contributed by atoms with Crippen molar-refractivity contribution in [1.82, 2.24) is 4.90 Å². The van der Waals surface area contributed by atoms with E-state index < -0.39 is 8.07 Å². The predicted octanol–water partition coefficient (Wildman–Crippen LogP) is 5.97. The van der Waals surface area contributed by atoms with Gasteiger partial charge in [-0.05, 0) is 36.3 Å². The summed E-state index contributed by atoms with van der Waals surface area (Å²) >= 11 is 0. The number of nitrogens with zero attached hydrogens (tertiary/aromatic N) is 1. The maximum Gasteiger partial charge on any atom is 0.414 e. The molecule has 0 saturated heterocycles. The van der Waals surface area contributed by atoms with Gasteiger partial charge >= 0.3 is 6.09 Å². The number of hydrogen-bond donors (Lipinski definition) is 0. The van der Waals surface area contributed by atoms with Crippen molar-refractivity contribution in [3.8, 4) is 0 Å². The largest absolute Gasteiger partial charge is 0.446 e. The Morgan fingerprint density at radius 3 is 2.26 bits per heavy atom. The maximum atomic E-state index is 13.6. The summed E-state index contributed by atoms with van der Waals surface area (Å²) in [5.74, 6) is 0.326. The summed E-state index contributed by atoms with van der Waals surface area (Å²) in [6.45, 7) is 9.02. The van der Waals surface area contributed by atoms with Crippen molar-refractivity contribution in [2.45, 2.75) is 76.2 Å². The lowest BCUT2D eigenvalue weighted by Crippen LogP contribution is -2.62. The average Bonchev–Trinajstić information content (AvgIpc) is 2.85. The molecule has 1 aliphatic carbocycles. The van der Waals surface area contributed by atoms with Crippen LogP contribution in [0.1, 0.15) is 51.5 Å². The first-order valence-electron chi connectivity index (χ1n) is 12.5. The van der Waals surface area contributed by atoms with Crippen LogP contribution >= 0.6 is 0 Å². The SMILES string of the molecule is CC(C)(c1ccccc1)C1CCCCC1OC(=O)N1C=CC(=O)C[C@H]1[Si](C)(C)c1ccccc1.